The summed E-state index contributed by atoms with van der Waals surface area (Å²) in [5.41, 5.74) is 0.714. The molecule has 1 aromatic carbocycles. The molecule has 0 unspecified atom stereocenters. The van der Waals surface area contributed by atoms with Crippen molar-refractivity contribution in [1.82, 2.24) is 25.5 Å². The third-order valence-corrected chi connectivity index (χ3v) is 4.80. The number of aromatic nitrogens is 2. The Bertz CT molecular complexity index is 752. The van der Waals surface area contributed by atoms with Gasteiger partial charge in [0.15, 0.2) is 5.96 Å². The van der Waals surface area contributed by atoms with Gasteiger partial charge >= 0.3 is 0 Å². The van der Waals surface area contributed by atoms with E-state index in [-0.39, 0.29) is 29.8 Å². The second-order valence-electron chi connectivity index (χ2n) is 6.64. The molecule has 2 heterocycles. The van der Waals surface area contributed by atoms with Gasteiger partial charge in [0.2, 0.25) is 5.95 Å². The smallest absolute Gasteiger partial charge is 0.225 e. The third kappa shape index (κ3) is 7.39. The average Bonchev–Trinajstić information content (AvgIpc) is 2.75. The van der Waals surface area contributed by atoms with Gasteiger partial charge in [-0.15, -0.1) is 24.0 Å². The zero-order chi connectivity index (χ0) is 19.6. The van der Waals surface area contributed by atoms with Crippen LogP contribution in [0.1, 0.15) is 5.56 Å². The molecule has 1 aliphatic heterocycles. The van der Waals surface area contributed by atoms with E-state index in [2.05, 4.69) is 35.4 Å². The number of hydrogen-bond acceptors (Lipinski definition) is 5. The highest BCUT2D eigenvalue weighted by Crippen LogP contribution is 2.09. The van der Waals surface area contributed by atoms with Crippen molar-refractivity contribution in [2.24, 2.45) is 4.99 Å². The largest absolute Gasteiger partial charge is 0.356 e. The van der Waals surface area contributed by atoms with Crippen LogP contribution in [0.2, 0.25) is 0 Å². The first-order valence-electron chi connectivity index (χ1n) is 9.68. The molecule has 2 aromatic rings. The van der Waals surface area contributed by atoms with Gasteiger partial charge in [-0.1, -0.05) is 18.2 Å². The minimum absolute atomic E-state index is 0. The van der Waals surface area contributed by atoms with E-state index in [9.17, 15) is 4.39 Å². The Balaban J connectivity index is 0.00000300. The Morgan fingerprint density at radius 2 is 1.72 bits per heavy atom. The number of halogens is 2. The van der Waals surface area contributed by atoms with Gasteiger partial charge in [0.25, 0.3) is 0 Å². The number of piperazine rings is 1. The Morgan fingerprint density at radius 1 is 1.03 bits per heavy atom. The molecule has 1 aromatic heterocycles. The first-order chi connectivity index (χ1) is 13.8. The van der Waals surface area contributed by atoms with Crippen LogP contribution >= 0.6 is 24.0 Å². The maximum Gasteiger partial charge on any atom is 0.225 e. The fourth-order valence-corrected chi connectivity index (χ4v) is 3.20. The van der Waals surface area contributed by atoms with Crippen LogP contribution < -0.4 is 15.5 Å². The maximum atomic E-state index is 13.7. The summed E-state index contributed by atoms with van der Waals surface area (Å²) in [7, 11) is 1.75. The first kappa shape index (κ1) is 23.3. The van der Waals surface area contributed by atoms with Gasteiger partial charge in [-0.05, 0) is 24.1 Å². The zero-order valence-electron chi connectivity index (χ0n) is 16.7. The highest BCUT2D eigenvalue weighted by molar-refractivity contribution is 14.0. The van der Waals surface area contributed by atoms with E-state index >= 15 is 0 Å². The minimum Gasteiger partial charge on any atom is -0.356 e. The molecule has 0 amide bonds. The number of nitrogens with zero attached hydrogens (tertiary/aromatic N) is 5. The van der Waals surface area contributed by atoms with E-state index in [4.69, 9.17) is 0 Å². The van der Waals surface area contributed by atoms with Crippen LogP contribution in [-0.2, 0) is 6.42 Å². The SMILES string of the molecule is CN=C(NCCc1ccccc1F)NCCN1CCN(c2ncccn2)CC1.I. The molecule has 0 atom stereocenters. The number of guanidine groups is 1. The van der Waals surface area contributed by atoms with Crippen LogP contribution in [0.4, 0.5) is 10.3 Å². The Hall–Kier alpha value is -2.01. The van der Waals surface area contributed by atoms with Crippen LogP contribution in [0.25, 0.3) is 0 Å². The molecule has 0 aliphatic carbocycles. The van der Waals surface area contributed by atoms with Crippen LogP contribution in [0.5, 0.6) is 0 Å². The maximum absolute atomic E-state index is 13.7. The van der Waals surface area contributed by atoms with Crippen molar-refractivity contribution >= 4 is 35.9 Å². The van der Waals surface area contributed by atoms with Gasteiger partial charge in [-0.2, -0.15) is 0 Å². The van der Waals surface area contributed by atoms with E-state index < -0.39 is 0 Å². The zero-order valence-corrected chi connectivity index (χ0v) is 19.1. The highest BCUT2D eigenvalue weighted by Gasteiger charge is 2.18. The van der Waals surface area contributed by atoms with E-state index in [1.165, 1.54) is 6.07 Å². The normalized spacial score (nSPS) is 15.0. The Morgan fingerprint density at radius 3 is 2.41 bits per heavy atom. The second-order valence-corrected chi connectivity index (χ2v) is 6.64. The van der Waals surface area contributed by atoms with Crippen molar-refractivity contribution in [3.05, 3.63) is 54.1 Å². The molecule has 29 heavy (non-hydrogen) atoms. The molecule has 9 heteroatoms. The summed E-state index contributed by atoms with van der Waals surface area (Å²) >= 11 is 0. The number of rotatable bonds is 7. The summed E-state index contributed by atoms with van der Waals surface area (Å²) in [5, 5.41) is 6.57. The van der Waals surface area contributed by atoms with Crippen molar-refractivity contribution < 1.29 is 4.39 Å². The van der Waals surface area contributed by atoms with Crippen molar-refractivity contribution in [2.75, 3.05) is 57.8 Å². The lowest BCUT2D eigenvalue weighted by atomic mass is 10.1. The summed E-state index contributed by atoms with van der Waals surface area (Å²) in [6, 6.07) is 8.71. The number of anilines is 1. The topological polar surface area (TPSA) is 68.7 Å². The molecule has 1 saturated heterocycles. The summed E-state index contributed by atoms with van der Waals surface area (Å²) in [6.07, 6.45) is 4.18. The van der Waals surface area contributed by atoms with Crippen LogP contribution in [0.3, 0.4) is 0 Å². The molecular weight excluding hydrogens is 484 g/mol. The number of aliphatic imine (C=N–C) groups is 1. The van der Waals surface area contributed by atoms with Crippen molar-refractivity contribution in [2.45, 2.75) is 6.42 Å². The first-order valence-corrected chi connectivity index (χ1v) is 9.68. The van der Waals surface area contributed by atoms with E-state index in [1.54, 1.807) is 25.5 Å². The van der Waals surface area contributed by atoms with E-state index in [1.807, 2.05) is 18.2 Å². The summed E-state index contributed by atoms with van der Waals surface area (Å²) < 4.78 is 13.7. The van der Waals surface area contributed by atoms with Gasteiger partial charge in [-0.3, -0.25) is 9.89 Å². The molecule has 2 N–H and O–H groups in total. The van der Waals surface area contributed by atoms with Crippen molar-refractivity contribution in [3.63, 3.8) is 0 Å². The fraction of sp³-hybridized carbons (Fsp3) is 0.450. The average molecular weight is 513 g/mol. The molecule has 0 spiro atoms. The van der Waals surface area contributed by atoms with Crippen LogP contribution in [0.15, 0.2) is 47.7 Å². The van der Waals surface area contributed by atoms with Gasteiger partial charge in [-0.25, -0.2) is 14.4 Å². The quantitative estimate of drug-likeness (QED) is 0.334. The molecule has 3 rings (SSSR count). The number of nitrogens with one attached hydrogen (secondary N) is 2. The van der Waals surface area contributed by atoms with E-state index in [0.29, 0.717) is 18.5 Å². The molecule has 1 aliphatic rings. The Kier molecular flexibility index (Phi) is 10.1. The van der Waals surface area contributed by atoms with Crippen molar-refractivity contribution in [1.29, 1.82) is 0 Å². The lowest BCUT2D eigenvalue weighted by Crippen LogP contribution is -2.49. The molecular formula is C20H29FIN7. The van der Waals surface area contributed by atoms with Gasteiger partial charge < -0.3 is 15.5 Å². The molecule has 1 fully saturated rings. The lowest BCUT2D eigenvalue weighted by Gasteiger charge is -2.34. The molecule has 0 radical (unpaired) electrons. The molecule has 158 valence electrons. The van der Waals surface area contributed by atoms with Crippen LogP contribution in [0, 0.1) is 5.82 Å². The minimum atomic E-state index is -0.160. The fourth-order valence-electron chi connectivity index (χ4n) is 3.20. The lowest BCUT2D eigenvalue weighted by molar-refractivity contribution is 0.260. The predicted molar refractivity (Wildman–Crippen MR) is 126 cm³/mol. The van der Waals surface area contributed by atoms with Gasteiger partial charge in [0.05, 0.1) is 0 Å². The standard InChI is InChI=1S/C20H28FN7.HI/c1-22-19(23-10-7-17-5-2-3-6-18(17)21)24-11-12-27-13-15-28(16-14-27)20-25-8-4-9-26-20;/h2-6,8-9H,7,10-16H2,1H3,(H2,22,23,24);1H. The molecule has 0 saturated carbocycles. The van der Waals surface area contributed by atoms with Crippen LogP contribution in [-0.4, -0.2) is 73.7 Å². The second kappa shape index (κ2) is 12.5. The van der Waals surface area contributed by atoms with Gasteiger partial charge in [0, 0.05) is 65.3 Å². The molecule has 7 nitrogen and oxygen atoms in total. The predicted octanol–water partition coefficient (Wildman–Crippen LogP) is 1.76. The monoisotopic (exact) mass is 513 g/mol. The van der Waals surface area contributed by atoms with Crippen molar-refractivity contribution in [3.8, 4) is 0 Å². The summed E-state index contributed by atoms with van der Waals surface area (Å²) in [5.74, 6) is 1.39. The highest BCUT2D eigenvalue weighted by atomic mass is 127. The van der Waals surface area contributed by atoms with E-state index in [0.717, 1.165) is 51.2 Å². The van der Waals surface area contributed by atoms with Gasteiger partial charge in [0.1, 0.15) is 5.82 Å². The number of benzene rings is 1. The summed E-state index contributed by atoms with van der Waals surface area (Å²) in [4.78, 5) is 17.5. The summed E-state index contributed by atoms with van der Waals surface area (Å²) in [6.45, 7) is 6.22. The number of hydrogen-bond donors (Lipinski definition) is 2. The third-order valence-electron chi connectivity index (χ3n) is 4.80. The molecule has 0 bridgehead atoms. The Labute approximate surface area is 188 Å².